The smallest absolute Gasteiger partial charge is 0.208 e. The molecule has 0 aromatic heterocycles. The maximum absolute atomic E-state index is 11.9. The number of rotatable bonds is 3. The number of sulfonamides is 1. The standard InChI is InChI=1S/C13H19NO2S/c1-13(2,3)10-4-8-12(9-5-10)17(15,16)14-11-6-7-11/h4-5,8-9,11,14H,6-7H2,1-3H3. The normalized spacial score (nSPS) is 17.1. The van der Waals surface area contributed by atoms with Gasteiger partial charge in [0.1, 0.15) is 0 Å². The van der Waals surface area contributed by atoms with E-state index in [1.165, 1.54) is 0 Å². The van der Waals surface area contributed by atoms with Crippen molar-refractivity contribution in [3.8, 4) is 0 Å². The zero-order chi connectivity index (χ0) is 12.7. The Labute approximate surface area is 103 Å². The van der Waals surface area contributed by atoms with Crippen molar-refractivity contribution >= 4 is 10.0 Å². The monoisotopic (exact) mass is 253 g/mol. The van der Waals surface area contributed by atoms with E-state index in [4.69, 9.17) is 0 Å². The largest absolute Gasteiger partial charge is 0.240 e. The minimum absolute atomic E-state index is 0.0478. The molecule has 0 atom stereocenters. The van der Waals surface area contributed by atoms with Crippen LogP contribution >= 0.6 is 0 Å². The predicted molar refractivity (Wildman–Crippen MR) is 68.5 cm³/mol. The zero-order valence-corrected chi connectivity index (χ0v) is 11.3. The summed E-state index contributed by atoms with van der Waals surface area (Å²) in [7, 11) is -3.31. The molecule has 1 aromatic rings. The molecule has 1 aromatic carbocycles. The molecule has 1 N–H and O–H groups in total. The molecule has 0 radical (unpaired) electrons. The van der Waals surface area contributed by atoms with Crippen molar-refractivity contribution < 1.29 is 8.42 Å². The summed E-state index contributed by atoms with van der Waals surface area (Å²) in [5.74, 6) is 0. The molecular weight excluding hydrogens is 234 g/mol. The Kier molecular flexibility index (Phi) is 3.04. The Hall–Kier alpha value is -0.870. The highest BCUT2D eigenvalue weighted by Crippen LogP contribution is 2.25. The fourth-order valence-electron chi connectivity index (χ4n) is 1.62. The lowest BCUT2D eigenvalue weighted by molar-refractivity contribution is 0.578. The average molecular weight is 253 g/mol. The first-order valence-electron chi connectivity index (χ1n) is 5.92. The Morgan fingerprint density at radius 2 is 1.65 bits per heavy atom. The molecule has 94 valence electrons. The Balaban J connectivity index is 2.22. The topological polar surface area (TPSA) is 46.2 Å². The first-order chi connectivity index (χ1) is 7.79. The van der Waals surface area contributed by atoms with Crippen LogP contribution in [0.3, 0.4) is 0 Å². The van der Waals surface area contributed by atoms with Gasteiger partial charge in [0.2, 0.25) is 10.0 Å². The van der Waals surface area contributed by atoms with Crippen molar-refractivity contribution in [2.75, 3.05) is 0 Å². The van der Waals surface area contributed by atoms with Crippen molar-refractivity contribution in [1.29, 1.82) is 0 Å². The Morgan fingerprint density at radius 3 is 2.06 bits per heavy atom. The quantitative estimate of drug-likeness (QED) is 0.899. The van der Waals surface area contributed by atoms with Crippen LogP contribution < -0.4 is 4.72 Å². The maximum Gasteiger partial charge on any atom is 0.240 e. The van der Waals surface area contributed by atoms with Gasteiger partial charge in [-0.15, -0.1) is 0 Å². The molecule has 4 heteroatoms. The summed E-state index contributed by atoms with van der Waals surface area (Å²) in [6, 6.07) is 7.31. The van der Waals surface area contributed by atoms with E-state index in [0.29, 0.717) is 4.90 Å². The number of hydrogen-bond donors (Lipinski definition) is 1. The van der Waals surface area contributed by atoms with E-state index in [9.17, 15) is 8.42 Å². The molecule has 1 aliphatic rings. The first-order valence-corrected chi connectivity index (χ1v) is 7.40. The van der Waals surface area contributed by atoms with Crippen LogP contribution in [0.5, 0.6) is 0 Å². The lowest BCUT2D eigenvalue weighted by atomic mass is 9.87. The molecule has 0 spiro atoms. The van der Waals surface area contributed by atoms with Crippen molar-refractivity contribution in [3.05, 3.63) is 29.8 Å². The minimum Gasteiger partial charge on any atom is -0.208 e. The van der Waals surface area contributed by atoms with E-state index in [0.717, 1.165) is 18.4 Å². The van der Waals surface area contributed by atoms with Crippen LogP contribution in [0.4, 0.5) is 0 Å². The molecule has 3 nitrogen and oxygen atoms in total. The fraction of sp³-hybridized carbons (Fsp3) is 0.538. The van der Waals surface area contributed by atoms with E-state index >= 15 is 0 Å². The summed E-state index contributed by atoms with van der Waals surface area (Å²) in [5.41, 5.74) is 1.19. The van der Waals surface area contributed by atoms with Gasteiger partial charge in [0, 0.05) is 6.04 Å². The molecule has 1 saturated carbocycles. The zero-order valence-electron chi connectivity index (χ0n) is 10.5. The first kappa shape index (κ1) is 12.6. The molecular formula is C13H19NO2S. The van der Waals surface area contributed by atoms with Crippen molar-refractivity contribution in [2.24, 2.45) is 0 Å². The van der Waals surface area contributed by atoms with Crippen molar-refractivity contribution in [1.82, 2.24) is 4.72 Å². The van der Waals surface area contributed by atoms with Crippen LogP contribution in [0, 0.1) is 0 Å². The average Bonchev–Trinajstić information content (AvgIpc) is 3.00. The van der Waals surface area contributed by atoms with Crippen molar-refractivity contribution in [2.45, 2.75) is 50.0 Å². The van der Waals surface area contributed by atoms with Gasteiger partial charge in [-0.25, -0.2) is 13.1 Å². The number of nitrogens with one attached hydrogen (secondary N) is 1. The van der Waals surface area contributed by atoms with Crippen LogP contribution in [0.15, 0.2) is 29.2 Å². The Morgan fingerprint density at radius 1 is 1.12 bits per heavy atom. The van der Waals surface area contributed by atoms with Crippen LogP contribution in [-0.2, 0) is 15.4 Å². The molecule has 1 aliphatic carbocycles. The van der Waals surface area contributed by atoms with E-state index < -0.39 is 10.0 Å². The van der Waals surface area contributed by atoms with Gasteiger partial charge in [0.05, 0.1) is 4.90 Å². The van der Waals surface area contributed by atoms with Crippen LogP contribution in [-0.4, -0.2) is 14.5 Å². The molecule has 2 rings (SSSR count). The summed E-state index contributed by atoms with van der Waals surface area (Å²) >= 11 is 0. The van der Waals surface area contributed by atoms with Gasteiger partial charge in [0.25, 0.3) is 0 Å². The molecule has 0 aliphatic heterocycles. The highest BCUT2D eigenvalue weighted by Gasteiger charge is 2.28. The van der Waals surface area contributed by atoms with E-state index in [2.05, 4.69) is 25.5 Å². The second-order valence-electron chi connectivity index (χ2n) is 5.67. The van der Waals surface area contributed by atoms with E-state index in [1.807, 2.05) is 12.1 Å². The highest BCUT2D eigenvalue weighted by atomic mass is 32.2. The van der Waals surface area contributed by atoms with Gasteiger partial charge in [-0.1, -0.05) is 32.9 Å². The summed E-state index contributed by atoms with van der Waals surface area (Å²) in [4.78, 5) is 0.359. The van der Waals surface area contributed by atoms with Gasteiger partial charge in [-0.3, -0.25) is 0 Å². The van der Waals surface area contributed by atoms with Crippen LogP contribution in [0.2, 0.25) is 0 Å². The van der Waals surface area contributed by atoms with E-state index in [1.54, 1.807) is 12.1 Å². The van der Waals surface area contributed by atoms with Crippen molar-refractivity contribution in [3.63, 3.8) is 0 Å². The maximum atomic E-state index is 11.9. The Bertz CT molecular complexity index is 493. The molecule has 17 heavy (non-hydrogen) atoms. The van der Waals surface area contributed by atoms with Gasteiger partial charge >= 0.3 is 0 Å². The third-order valence-corrected chi connectivity index (χ3v) is 4.47. The SMILES string of the molecule is CC(C)(C)c1ccc(S(=O)(=O)NC2CC2)cc1. The van der Waals surface area contributed by atoms with E-state index in [-0.39, 0.29) is 11.5 Å². The summed E-state index contributed by atoms with van der Waals surface area (Å²) in [6.45, 7) is 6.33. The summed E-state index contributed by atoms with van der Waals surface area (Å²) in [6.07, 6.45) is 1.92. The highest BCUT2D eigenvalue weighted by molar-refractivity contribution is 7.89. The van der Waals surface area contributed by atoms with Crippen LogP contribution in [0.25, 0.3) is 0 Å². The molecule has 0 saturated heterocycles. The van der Waals surface area contributed by atoms with Gasteiger partial charge in [-0.2, -0.15) is 0 Å². The van der Waals surface area contributed by atoms with Crippen LogP contribution in [0.1, 0.15) is 39.2 Å². The number of hydrogen-bond acceptors (Lipinski definition) is 2. The molecule has 0 bridgehead atoms. The second-order valence-corrected chi connectivity index (χ2v) is 7.38. The fourth-order valence-corrected chi connectivity index (χ4v) is 2.93. The lowest BCUT2D eigenvalue weighted by Gasteiger charge is -2.19. The minimum atomic E-state index is -3.31. The van der Waals surface area contributed by atoms with Gasteiger partial charge in [0.15, 0.2) is 0 Å². The third-order valence-electron chi connectivity index (χ3n) is 2.93. The molecule has 0 heterocycles. The predicted octanol–water partition coefficient (Wildman–Crippen LogP) is 2.42. The third kappa shape index (κ3) is 3.07. The summed E-state index contributed by atoms with van der Waals surface area (Å²) < 4.78 is 26.5. The van der Waals surface area contributed by atoms with Gasteiger partial charge in [-0.05, 0) is 36.0 Å². The lowest BCUT2D eigenvalue weighted by Crippen LogP contribution is -2.25. The molecule has 0 amide bonds. The van der Waals surface area contributed by atoms with Gasteiger partial charge < -0.3 is 0 Å². The summed E-state index contributed by atoms with van der Waals surface area (Å²) in [5, 5.41) is 0. The molecule has 1 fully saturated rings. The molecule has 0 unspecified atom stereocenters. The second kappa shape index (κ2) is 4.10. The number of benzene rings is 1.